The summed E-state index contributed by atoms with van der Waals surface area (Å²) < 4.78 is 32.9. The van der Waals surface area contributed by atoms with Gasteiger partial charge in [0.05, 0.1) is 17.2 Å². The van der Waals surface area contributed by atoms with Gasteiger partial charge in [-0.15, -0.1) is 0 Å². The molecule has 1 aromatic heterocycles. The van der Waals surface area contributed by atoms with Gasteiger partial charge in [0.2, 0.25) is 10.0 Å². The Kier molecular flexibility index (Phi) is 3.97. The van der Waals surface area contributed by atoms with Crippen LogP contribution < -0.4 is 5.73 Å². The van der Waals surface area contributed by atoms with Crippen LogP contribution in [-0.4, -0.2) is 19.3 Å². The Balaban J connectivity index is 1.98. The summed E-state index contributed by atoms with van der Waals surface area (Å²) in [5.41, 5.74) is 6.20. The van der Waals surface area contributed by atoms with Gasteiger partial charge in [0.25, 0.3) is 0 Å². The van der Waals surface area contributed by atoms with Crippen molar-refractivity contribution in [1.29, 1.82) is 0 Å². The van der Waals surface area contributed by atoms with E-state index in [-0.39, 0.29) is 10.9 Å². The molecular formula is C16H20N2O3S. The molecule has 22 heavy (non-hydrogen) atoms. The first kappa shape index (κ1) is 15.1. The first-order valence-electron chi connectivity index (χ1n) is 7.39. The molecule has 2 atom stereocenters. The van der Waals surface area contributed by atoms with Crippen LogP contribution in [0.1, 0.15) is 31.6 Å². The van der Waals surface area contributed by atoms with E-state index in [0.717, 1.165) is 12.8 Å². The Labute approximate surface area is 130 Å². The van der Waals surface area contributed by atoms with E-state index in [9.17, 15) is 8.42 Å². The molecular weight excluding hydrogens is 300 g/mol. The molecule has 5 nitrogen and oxygen atoms in total. The van der Waals surface area contributed by atoms with Crippen molar-refractivity contribution in [2.75, 3.05) is 12.3 Å². The zero-order chi connectivity index (χ0) is 15.7. The van der Waals surface area contributed by atoms with Crippen molar-refractivity contribution >= 4 is 15.7 Å². The second kappa shape index (κ2) is 5.78. The summed E-state index contributed by atoms with van der Waals surface area (Å²) in [6.07, 6.45) is 3.20. The molecule has 6 heteroatoms. The van der Waals surface area contributed by atoms with Gasteiger partial charge < -0.3 is 10.2 Å². The number of piperidine rings is 1. The fraction of sp³-hybridized carbons (Fsp3) is 0.375. The fourth-order valence-corrected chi connectivity index (χ4v) is 4.54. The van der Waals surface area contributed by atoms with Crippen LogP contribution >= 0.6 is 0 Å². The van der Waals surface area contributed by atoms with Gasteiger partial charge in [-0.3, -0.25) is 0 Å². The smallest absolute Gasteiger partial charge is 0.243 e. The molecule has 1 aliphatic heterocycles. The van der Waals surface area contributed by atoms with Gasteiger partial charge in [-0.05, 0) is 55.2 Å². The molecule has 1 fully saturated rings. The van der Waals surface area contributed by atoms with Crippen LogP contribution in [-0.2, 0) is 10.0 Å². The van der Waals surface area contributed by atoms with Crippen molar-refractivity contribution in [3.05, 3.63) is 48.4 Å². The van der Waals surface area contributed by atoms with Crippen LogP contribution in [0, 0.1) is 5.92 Å². The molecule has 0 radical (unpaired) electrons. The number of nitrogens with two attached hydrogens (primary N) is 1. The van der Waals surface area contributed by atoms with Gasteiger partial charge in [0.15, 0.2) is 0 Å². The van der Waals surface area contributed by atoms with Crippen LogP contribution in [0.25, 0.3) is 0 Å². The number of nitrogens with zero attached hydrogens (tertiary/aromatic N) is 1. The molecule has 1 aliphatic rings. The second-order valence-electron chi connectivity index (χ2n) is 5.85. The van der Waals surface area contributed by atoms with Crippen LogP contribution in [0.2, 0.25) is 0 Å². The lowest BCUT2D eigenvalue weighted by Crippen LogP contribution is -2.40. The molecule has 2 heterocycles. The summed E-state index contributed by atoms with van der Waals surface area (Å²) in [7, 11) is -3.56. The van der Waals surface area contributed by atoms with Crippen molar-refractivity contribution in [2.24, 2.45) is 5.92 Å². The lowest BCUT2D eigenvalue weighted by molar-refractivity contribution is 0.185. The molecule has 0 aliphatic carbocycles. The number of hydrogen-bond donors (Lipinski definition) is 1. The number of benzene rings is 1. The SMILES string of the molecule is C[C@@H]1CCN(S(=O)(=O)c2ccc(N)cc2)[C@@H](c2ccco2)C1. The molecule has 2 N–H and O–H groups in total. The maximum atomic E-state index is 13.0. The van der Waals surface area contributed by atoms with E-state index in [1.807, 2.05) is 6.07 Å². The molecule has 0 bridgehead atoms. The Morgan fingerprint density at radius 2 is 1.95 bits per heavy atom. The first-order chi connectivity index (χ1) is 10.5. The van der Waals surface area contributed by atoms with Crippen molar-refractivity contribution in [3.8, 4) is 0 Å². The van der Waals surface area contributed by atoms with Gasteiger partial charge in [-0.1, -0.05) is 6.92 Å². The highest BCUT2D eigenvalue weighted by Crippen LogP contribution is 2.38. The molecule has 3 rings (SSSR count). The highest BCUT2D eigenvalue weighted by molar-refractivity contribution is 7.89. The van der Waals surface area contributed by atoms with Crippen LogP contribution in [0.4, 0.5) is 5.69 Å². The maximum Gasteiger partial charge on any atom is 0.243 e. The summed E-state index contributed by atoms with van der Waals surface area (Å²) in [6, 6.07) is 9.73. The number of anilines is 1. The number of nitrogen functional groups attached to an aromatic ring is 1. The quantitative estimate of drug-likeness (QED) is 0.882. The lowest BCUT2D eigenvalue weighted by atomic mass is 9.93. The fourth-order valence-electron chi connectivity index (χ4n) is 2.92. The van der Waals surface area contributed by atoms with Crippen molar-refractivity contribution < 1.29 is 12.8 Å². The van der Waals surface area contributed by atoms with Gasteiger partial charge >= 0.3 is 0 Å². The van der Waals surface area contributed by atoms with E-state index >= 15 is 0 Å². The van der Waals surface area contributed by atoms with E-state index in [1.54, 1.807) is 40.9 Å². The summed E-state index contributed by atoms with van der Waals surface area (Å²) in [4.78, 5) is 0.271. The number of rotatable bonds is 3. The number of hydrogen-bond acceptors (Lipinski definition) is 4. The van der Waals surface area contributed by atoms with Crippen LogP contribution in [0.3, 0.4) is 0 Å². The minimum absolute atomic E-state index is 0.249. The Hall–Kier alpha value is -1.79. The van der Waals surface area contributed by atoms with Gasteiger partial charge in [-0.25, -0.2) is 8.42 Å². The van der Waals surface area contributed by atoms with Gasteiger partial charge in [0, 0.05) is 12.2 Å². The predicted octanol–water partition coefficient (Wildman–Crippen LogP) is 3.02. The molecule has 1 aromatic carbocycles. The van der Waals surface area contributed by atoms with Gasteiger partial charge in [0.1, 0.15) is 5.76 Å². The van der Waals surface area contributed by atoms with Crippen molar-refractivity contribution in [3.63, 3.8) is 0 Å². The molecule has 0 unspecified atom stereocenters. The molecule has 0 spiro atoms. The Bertz CT molecular complexity index is 723. The van der Waals surface area contributed by atoms with E-state index in [2.05, 4.69) is 6.92 Å². The third kappa shape index (κ3) is 2.76. The highest BCUT2D eigenvalue weighted by atomic mass is 32.2. The molecule has 2 aromatic rings. The van der Waals surface area contributed by atoms with Gasteiger partial charge in [-0.2, -0.15) is 4.31 Å². The first-order valence-corrected chi connectivity index (χ1v) is 8.83. The third-order valence-electron chi connectivity index (χ3n) is 4.17. The largest absolute Gasteiger partial charge is 0.468 e. The van der Waals surface area contributed by atoms with Crippen LogP contribution in [0.15, 0.2) is 52.0 Å². The average molecular weight is 320 g/mol. The number of sulfonamides is 1. The second-order valence-corrected chi connectivity index (χ2v) is 7.74. The average Bonchev–Trinajstić information content (AvgIpc) is 3.01. The molecule has 1 saturated heterocycles. The predicted molar refractivity (Wildman–Crippen MR) is 84.6 cm³/mol. The minimum atomic E-state index is -3.56. The Morgan fingerprint density at radius 3 is 2.59 bits per heavy atom. The molecule has 0 amide bonds. The third-order valence-corrected chi connectivity index (χ3v) is 6.10. The highest BCUT2D eigenvalue weighted by Gasteiger charge is 2.37. The van der Waals surface area contributed by atoms with Crippen LogP contribution in [0.5, 0.6) is 0 Å². The van der Waals surface area contributed by atoms with E-state index < -0.39 is 10.0 Å². The zero-order valence-electron chi connectivity index (χ0n) is 12.5. The monoisotopic (exact) mass is 320 g/mol. The normalized spacial score (nSPS) is 23.5. The van der Waals surface area contributed by atoms with Crippen molar-refractivity contribution in [2.45, 2.75) is 30.7 Å². The molecule has 0 saturated carbocycles. The summed E-state index contributed by atoms with van der Waals surface area (Å²) in [6.45, 7) is 2.64. The number of furan rings is 1. The van der Waals surface area contributed by atoms with E-state index in [0.29, 0.717) is 23.9 Å². The summed E-state index contributed by atoms with van der Waals surface area (Å²) in [5, 5.41) is 0. The van der Waals surface area contributed by atoms with E-state index in [1.165, 1.54) is 0 Å². The standard InChI is InChI=1S/C16H20N2O3S/c1-12-8-9-18(15(11-12)16-3-2-10-21-16)22(19,20)14-6-4-13(17)5-7-14/h2-7,10,12,15H,8-9,11,17H2,1H3/t12-,15-/m1/s1. The minimum Gasteiger partial charge on any atom is -0.468 e. The lowest BCUT2D eigenvalue weighted by Gasteiger charge is -2.36. The maximum absolute atomic E-state index is 13.0. The summed E-state index contributed by atoms with van der Waals surface area (Å²) >= 11 is 0. The summed E-state index contributed by atoms with van der Waals surface area (Å²) in [5.74, 6) is 1.17. The van der Waals surface area contributed by atoms with Crippen molar-refractivity contribution in [1.82, 2.24) is 4.31 Å². The van der Waals surface area contributed by atoms with E-state index in [4.69, 9.17) is 10.2 Å². The topological polar surface area (TPSA) is 76.5 Å². The zero-order valence-corrected chi connectivity index (χ0v) is 13.3. The Morgan fingerprint density at radius 1 is 1.23 bits per heavy atom. The molecule has 118 valence electrons.